The highest BCUT2D eigenvalue weighted by Crippen LogP contribution is 2.36. The van der Waals surface area contributed by atoms with Gasteiger partial charge in [0.05, 0.1) is 29.5 Å². The second-order valence-corrected chi connectivity index (χ2v) is 7.70. The van der Waals surface area contributed by atoms with E-state index in [-0.39, 0.29) is 29.9 Å². The predicted octanol–water partition coefficient (Wildman–Crippen LogP) is 4.06. The minimum atomic E-state index is -0.363. The molecule has 0 aliphatic carbocycles. The lowest BCUT2D eigenvalue weighted by molar-refractivity contribution is -0.121. The molecule has 1 aliphatic heterocycles. The maximum absolute atomic E-state index is 12.3. The average molecular weight is 428 g/mol. The van der Waals surface area contributed by atoms with Crippen molar-refractivity contribution in [1.82, 2.24) is 5.32 Å². The number of halogens is 1. The summed E-state index contributed by atoms with van der Waals surface area (Å²) in [4.78, 5) is 24.5. The first kappa shape index (κ1) is 20.8. The molecule has 1 atom stereocenters. The van der Waals surface area contributed by atoms with Crippen molar-refractivity contribution >= 4 is 40.9 Å². The molecule has 0 radical (unpaired) electrons. The topological polar surface area (TPSA) is 91.2 Å². The number of allylic oxidation sites excluding steroid dienone is 1. The summed E-state index contributed by atoms with van der Waals surface area (Å²) in [6.45, 7) is 0. The van der Waals surface area contributed by atoms with E-state index in [1.54, 1.807) is 43.5 Å². The lowest BCUT2D eigenvalue weighted by Crippen LogP contribution is -2.31. The van der Waals surface area contributed by atoms with Crippen molar-refractivity contribution in [3.63, 3.8) is 0 Å². The quantitative estimate of drug-likeness (QED) is 0.725. The van der Waals surface area contributed by atoms with Crippen LogP contribution in [0.3, 0.4) is 0 Å². The molecule has 0 aromatic heterocycles. The highest BCUT2D eigenvalue weighted by Gasteiger charge is 2.29. The zero-order valence-electron chi connectivity index (χ0n) is 15.6. The van der Waals surface area contributed by atoms with Gasteiger partial charge >= 0.3 is 0 Å². The smallest absolute Gasteiger partial charge is 0.234 e. The van der Waals surface area contributed by atoms with Crippen LogP contribution in [0, 0.1) is 11.3 Å². The molecule has 2 aromatic carbocycles. The Morgan fingerprint density at radius 1 is 1.28 bits per heavy atom. The number of nitrogens with one attached hydrogen (secondary N) is 2. The van der Waals surface area contributed by atoms with E-state index in [0.29, 0.717) is 27.1 Å². The number of hydrogen-bond acceptors (Lipinski definition) is 5. The van der Waals surface area contributed by atoms with Gasteiger partial charge in [0.2, 0.25) is 11.8 Å². The number of benzene rings is 2. The molecular weight excluding hydrogens is 410 g/mol. The van der Waals surface area contributed by atoms with Crippen LogP contribution in [0.1, 0.15) is 17.9 Å². The number of carbonyl (C=O) groups excluding carboxylic acids is 2. The van der Waals surface area contributed by atoms with Crippen LogP contribution in [-0.4, -0.2) is 24.7 Å². The Balaban J connectivity index is 1.71. The van der Waals surface area contributed by atoms with E-state index in [1.807, 2.05) is 12.1 Å². The zero-order chi connectivity index (χ0) is 20.8. The first-order chi connectivity index (χ1) is 14.0. The summed E-state index contributed by atoms with van der Waals surface area (Å²) in [5.41, 5.74) is 1.91. The summed E-state index contributed by atoms with van der Waals surface area (Å²) in [5, 5.41) is 16.2. The van der Waals surface area contributed by atoms with Crippen molar-refractivity contribution < 1.29 is 14.3 Å². The van der Waals surface area contributed by atoms with Gasteiger partial charge in [-0.25, -0.2) is 0 Å². The SMILES string of the molecule is COc1ccc(NC(=O)CSC2=C(C#N)[C@@H](c3ccc(Cl)cc3)CC(=O)N2)cc1. The number of amides is 2. The summed E-state index contributed by atoms with van der Waals surface area (Å²) in [6, 6.07) is 16.2. The highest BCUT2D eigenvalue weighted by molar-refractivity contribution is 8.03. The Morgan fingerprint density at radius 3 is 2.59 bits per heavy atom. The Morgan fingerprint density at radius 2 is 1.97 bits per heavy atom. The largest absolute Gasteiger partial charge is 0.497 e. The molecule has 29 heavy (non-hydrogen) atoms. The lowest BCUT2D eigenvalue weighted by atomic mass is 9.87. The van der Waals surface area contributed by atoms with Crippen molar-refractivity contribution in [3.05, 3.63) is 69.7 Å². The van der Waals surface area contributed by atoms with E-state index in [9.17, 15) is 14.9 Å². The second-order valence-electron chi connectivity index (χ2n) is 6.28. The Labute approximate surface area is 177 Å². The number of rotatable bonds is 6. The zero-order valence-corrected chi connectivity index (χ0v) is 17.1. The standard InChI is InChI=1S/C21H18ClN3O3S/c1-28-16-8-6-15(7-9-16)24-20(27)12-29-21-18(11-23)17(10-19(26)25-21)13-2-4-14(22)5-3-13/h2-9,17H,10,12H2,1H3,(H,24,27)(H,25,26)/t17-/m1/s1. The molecule has 2 aromatic rings. The molecule has 0 saturated carbocycles. The van der Waals surface area contributed by atoms with E-state index >= 15 is 0 Å². The number of nitriles is 1. The van der Waals surface area contributed by atoms with Gasteiger partial charge in [-0.2, -0.15) is 5.26 Å². The van der Waals surface area contributed by atoms with Crippen LogP contribution in [-0.2, 0) is 9.59 Å². The number of thioether (sulfide) groups is 1. The van der Waals surface area contributed by atoms with Crippen LogP contribution >= 0.6 is 23.4 Å². The number of anilines is 1. The first-order valence-corrected chi connectivity index (χ1v) is 10.1. The molecule has 0 bridgehead atoms. The Kier molecular flexibility index (Phi) is 6.81. The molecule has 2 N–H and O–H groups in total. The Hall–Kier alpha value is -2.95. The third-order valence-corrected chi connectivity index (χ3v) is 5.62. The molecule has 6 nitrogen and oxygen atoms in total. The normalized spacial score (nSPS) is 16.0. The van der Waals surface area contributed by atoms with Crippen LogP contribution in [0.4, 0.5) is 5.69 Å². The number of nitrogens with zero attached hydrogens (tertiary/aromatic N) is 1. The molecule has 2 amide bonds. The van der Waals surface area contributed by atoms with E-state index in [4.69, 9.17) is 16.3 Å². The maximum atomic E-state index is 12.3. The van der Waals surface area contributed by atoms with Crippen LogP contribution < -0.4 is 15.4 Å². The van der Waals surface area contributed by atoms with Crippen LogP contribution in [0.2, 0.25) is 5.02 Å². The molecule has 0 fully saturated rings. The van der Waals surface area contributed by atoms with Crippen LogP contribution in [0.5, 0.6) is 5.75 Å². The summed E-state index contributed by atoms with van der Waals surface area (Å²) < 4.78 is 5.09. The van der Waals surface area contributed by atoms with Gasteiger partial charge in [-0.1, -0.05) is 35.5 Å². The third-order valence-electron chi connectivity index (χ3n) is 4.35. The van der Waals surface area contributed by atoms with Gasteiger partial charge in [-0.3, -0.25) is 9.59 Å². The number of methoxy groups -OCH3 is 1. The van der Waals surface area contributed by atoms with Crippen LogP contribution in [0.15, 0.2) is 59.1 Å². The molecule has 148 valence electrons. The number of hydrogen-bond donors (Lipinski definition) is 2. The molecular formula is C21H18ClN3O3S. The van der Waals surface area contributed by atoms with Crippen molar-refractivity contribution in [2.45, 2.75) is 12.3 Å². The molecule has 1 aliphatic rings. The number of ether oxygens (including phenoxy) is 1. The van der Waals surface area contributed by atoms with Gasteiger partial charge in [0.15, 0.2) is 0 Å². The number of carbonyl (C=O) groups is 2. The van der Waals surface area contributed by atoms with Gasteiger partial charge in [0.25, 0.3) is 0 Å². The third kappa shape index (κ3) is 5.31. The van der Waals surface area contributed by atoms with Gasteiger partial charge in [-0.05, 0) is 42.0 Å². The fraction of sp³-hybridized carbons (Fsp3) is 0.190. The fourth-order valence-electron chi connectivity index (χ4n) is 2.92. The molecule has 0 saturated heterocycles. The minimum absolute atomic E-state index is 0.0557. The molecule has 8 heteroatoms. The highest BCUT2D eigenvalue weighted by atomic mass is 35.5. The van der Waals surface area contributed by atoms with Gasteiger partial charge in [0.1, 0.15) is 5.75 Å². The van der Waals surface area contributed by atoms with Gasteiger partial charge in [0, 0.05) is 23.0 Å². The second kappa shape index (κ2) is 9.50. The van der Waals surface area contributed by atoms with Gasteiger partial charge in [-0.15, -0.1) is 0 Å². The van der Waals surface area contributed by atoms with Crippen molar-refractivity contribution in [3.8, 4) is 11.8 Å². The monoisotopic (exact) mass is 427 g/mol. The lowest BCUT2D eigenvalue weighted by Gasteiger charge is -2.25. The minimum Gasteiger partial charge on any atom is -0.497 e. The summed E-state index contributed by atoms with van der Waals surface area (Å²) >= 11 is 7.07. The Bertz CT molecular complexity index is 982. The van der Waals surface area contributed by atoms with Gasteiger partial charge < -0.3 is 15.4 Å². The van der Waals surface area contributed by atoms with Crippen molar-refractivity contribution in [1.29, 1.82) is 5.26 Å². The van der Waals surface area contributed by atoms with Crippen molar-refractivity contribution in [2.75, 3.05) is 18.2 Å². The first-order valence-electron chi connectivity index (χ1n) is 8.76. The van der Waals surface area contributed by atoms with Crippen molar-refractivity contribution in [2.24, 2.45) is 0 Å². The van der Waals surface area contributed by atoms with Crippen LogP contribution in [0.25, 0.3) is 0 Å². The molecule has 0 spiro atoms. The summed E-state index contributed by atoms with van der Waals surface area (Å²) in [5.74, 6) is -0.0486. The summed E-state index contributed by atoms with van der Waals surface area (Å²) in [7, 11) is 1.57. The maximum Gasteiger partial charge on any atom is 0.234 e. The predicted molar refractivity (Wildman–Crippen MR) is 114 cm³/mol. The fourth-order valence-corrected chi connectivity index (χ4v) is 3.92. The van der Waals surface area contributed by atoms with E-state index in [1.165, 1.54) is 0 Å². The molecule has 3 rings (SSSR count). The van der Waals surface area contributed by atoms with E-state index < -0.39 is 0 Å². The molecule has 1 heterocycles. The average Bonchev–Trinajstić information content (AvgIpc) is 2.73. The summed E-state index contributed by atoms with van der Waals surface area (Å²) in [6.07, 6.45) is 0.173. The van der Waals surface area contributed by atoms with E-state index in [2.05, 4.69) is 16.7 Å². The molecule has 0 unspecified atom stereocenters. The van der Waals surface area contributed by atoms with E-state index in [0.717, 1.165) is 17.3 Å².